The van der Waals surface area contributed by atoms with Gasteiger partial charge in [-0.05, 0) is 37.3 Å². The lowest BCUT2D eigenvalue weighted by Gasteiger charge is -2.34. The predicted octanol–water partition coefficient (Wildman–Crippen LogP) is 1.22. The van der Waals surface area contributed by atoms with Gasteiger partial charge in [-0.25, -0.2) is 13.2 Å². The summed E-state index contributed by atoms with van der Waals surface area (Å²) in [6.45, 7) is 2.77. The number of sulfonamides is 1. The first-order valence-corrected chi connectivity index (χ1v) is 11.0. The van der Waals surface area contributed by atoms with E-state index >= 15 is 0 Å². The van der Waals surface area contributed by atoms with E-state index in [-0.39, 0.29) is 49.6 Å². The molecule has 0 radical (unpaired) electrons. The molecule has 2 aliphatic rings. The standard InChI is InChI=1S/C19H22N4O6S/c1-13-18(24)21-16-11-15(4-5-17(16)29-13)30(26,27)23-8-6-22(7-9-23)19(25)20-12-14-3-2-10-28-14/h2-5,10-11,13H,6-9,12H2,1H3,(H,20,25)(H,21,24)/t13-/m1/s1. The third kappa shape index (κ3) is 3.98. The van der Waals surface area contributed by atoms with Crippen LogP contribution in [0.1, 0.15) is 12.7 Å². The van der Waals surface area contributed by atoms with E-state index in [9.17, 15) is 18.0 Å². The fraction of sp³-hybridized carbons (Fsp3) is 0.368. The molecule has 160 valence electrons. The smallest absolute Gasteiger partial charge is 0.317 e. The van der Waals surface area contributed by atoms with Crippen LogP contribution < -0.4 is 15.4 Å². The highest BCUT2D eigenvalue weighted by atomic mass is 32.2. The van der Waals surface area contributed by atoms with Gasteiger partial charge in [0.25, 0.3) is 5.91 Å². The lowest BCUT2D eigenvalue weighted by molar-refractivity contribution is -0.122. The number of fused-ring (bicyclic) bond motifs is 1. The summed E-state index contributed by atoms with van der Waals surface area (Å²) < 4.78 is 38.0. The van der Waals surface area contributed by atoms with E-state index in [0.29, 0.717) is 17.2 Å². The number of rotatable bonds is 4. The van der Waals surface area contributed by atoms with Crippen molar-refractivity contribution in [2.45, 2.75) is 24.5 Å². The van der Waals surface area contributed by atoms with E-state index in [1.165, 1.54) is 28.8 Å². The zero-order valence-electron chi connectivity index (χ0n) is 16.3. The molecule has 30 heavy (non-hydrogen) atoms. The zero-order valence-corrected chi connectivity index (χ0v) is 17.1. The van der Waals surface area contributed by atoms with Crippen molar-refractivity contribution in [3.05, 3.63) is 42.4 Å². The van der Waals surface area contributed by atoms with Crippen LogP contribution in [0.3, 0.4) is 0 Å². The van der Waals surface area contributed by atoms with Gasteiger partial charge < -0.3 is 24.7 Å². The number of nitrogens with zero attached hydrogens (tertiary/aromatic N) is 2. The van der Waals surface area contributed by atoms with Gasteiger partial charge in [-0.3, -0.25) is 4.79 Å². The van der Waals surface area contributed by atoms with Crippen molar-refractivity contribution >= 4 is 27.6 Å². The van der Waals surface area contributed by atoms with E-state index in [4.69, 9.17) is 9.15 Å². The topological polar surface area (TPSA) is 121 Å². The SMILES string of the molecule is C[C@H]1Oc2ccc(S(=O)(=O)N3CCN(C(=O)NCc4ccco4)CC3)cc2NC1=O. The van der Waals surface area contributed by atoms with Crippen LogP contribution in [-0.4, -0.2) is 61.8 Å². The largest absolute Gasteiger partial charge is 0.479 e. The van der Waals surface area contributed by atoms with E-state index < -0.39 is 16.1 Å². The molecule has 0 spiro atoms. The van der Waals surface area contributed by atoms with Gasteiger partial charge in [0.2, 0.25) is 10.0 Å². The predicted molar refractivity (Wildman–Crippen MR) is 106 cm³/mol. The molecule has 11 heteroatoms. The molecule has 0 aliphatic carbocycles. The number of hydrogen-bond donors (Lipinski definition) is 2. The number of ether oxygens (including phenoxy) is 1. The summed E-state index contributed by atoms with van der Waals surface area (Å²) in [5.74, 6) is 0.743. The minimum Gasteiger partial charge on any atom is -0.479 e. The second-order valence-electron chi connectivity index (χ2n) is 7.04. The maximum atomic E-state index is 13.0. The van der Waals surface area contributed by atoms with Crippen molar-refractivity contribution in [3.8, 4) is 5.75 Å². The molecular weight excluding hydrogens is 412 g/mol. The second-order valence-corrected chi connectivity index (χ2v) is 8.97. The van der Waals surface area contributed by atoms with Gasteiger partial charge in [-0.1, -0.05) is 0 Å². The average molecular weight is 434 g/mol. The van der Waals surface area contributed by atoms with Crippen molar-refractivity contribution in [2.75, 3.05) is 31.5 Å². The molecule has 0 saturated carbocycles. The maximum absolute atomic E-state index is 13.0. The summed E-state index contributed by atoms with van der Waals surface area (Å²) in [5, 5.41) is 5.41. The third-order valence-corrected chi connectivity index (χ3v) is 6.93. The molecule has 0 unspecified atom stereocenters. The Morgan fingerprint density at radius 1 is 1.23 bits per heavy atom. The fourth-order valence-corrected chi connectivity index (χ4v) is 4.77. The van der Waals surface area contributed by atoms with Gasteiger partial charge >= 0.3 is 6.03 Å². The summed E-state index contributed by atoms with van der Waals surface area (Å²) in [7, 11) is -3.77. The van der Waals surface area contributed by atoms with Crippen LogP contribution >= 0.6 is 0 Å². The van der Waals surface area contributed by atoms with Crippen molar-refractivity contribution in [3.63, 3.8) is 0 Å². The van der Waals surface area contributed by atoms with Crippen LogP contribution in [0, 0.1) is 0 Å². The Kier molecular flexibility index (Phi) is 5.39. The molecular formula is C19H22N4O6S. The van der Waals surface area contributed by atoms with E-state index in [1.807, 2.05) is 0 Å². The van der Waals surface area contributed by atoms with Crippen LogP contribution in [0.2, 0.25) is 0 Å². The number of furan rings is 1. The Balaban J connectivity index is 1.38. The van der Waals surface area contributed by atoms with Crippen molar-refractivity contribution in [1.29, 1.82) is 0 Å². The van der Waals surface area contributed by atoms with Gasteiger partial charge in [0.15, 0.2) is 6.10 Å². The molecule has 3 heterocycles. The van der Waals surface area contributed by atoms with Crippen LogP contribution in [-0.2, 0) is 21.4 Å². The molecule has 2 N–H and O–H groups in total. The van der Waals surface area contributed by atoms with Gasteiger partial charge in [0, 0.05) is 26.2 Å². The molecule has 2 aliphatic heterocycles. The quantitative estimate of drug-likeness (QED) is 0.746. The Morgan fingerprint density at radius 3 is 2.70 bits per heavy atom. The van der Waals surface area contributed by atoms with Crippen LogP contribution in [0.5, 0.6) is 5.75 Å². The molecule has 2 aromatic rings. The van der Waals surface area contributed by atoms with Crippen molar-refractivity contribution in [2.24, 2.45) is 0 Å². The zero-order chi connectivity index (χ0) is 21.3. The summed E-state index contributed by atoms with van der Waals surface area (Å²) in [6, 6.07) is 7.63. The van der Waals surface area contributed by atoms with Crippen molar-refractivity contribution in [1.82, 2.24) is 14.5 Å². The van der Waals surface area contributed by atoms with Gasteiger partial charge in [-0.15, -0.1) is 0 Å². The Hall–Kier alpha value is -3.05. The summed E-state index contributed by atoms with van der Waals surface area (Å²) in [4.78, 5) is 25.7. The van der Waals surface area contributed by atoms with Crippen LogP contribution in [0.15, 0.2) is 45.9 Å². The minimum absolute atomic E-state index is 0.0652. The molecule has 1 saturated heterocycles. The second kappa shape index (κ2) is 8.00. The minimum atomic E-state index is -3.77. The number of hydrogen-bond acceptors (Lipinski definition) is 6. The number of benzene rings is 1. The lowest BCUT2D eigenvalue weighted by atomic mass is 10.2. The first-order valence-electron chi connectivity index (χ1n) is 9.51. The normalized spacial score (nSPS) is 19.6. The van der Waals surface area contributed by atoms with E-state index in [0.717, 1.165) is 0 Å². The Labute approximate surface area is 173 Å². The molecule has 1 aromatic carbocycles. The summed E-state index contributed by atoms with van der Waals surface area (Å²) in [5.41, 5.74) is 0.329. The van der Waals surface area contributed by atoms with Crippen LogP contribution in [0.25, 0.3) is 0 Å². The third-order valence-electron chi connectivity index (χ3n) is 5.04. The molecule has 4 rings (SSSR count). The van der Waals surface area contributed by atoms with Gasteiger partial charge in [-0.2, -0.15) is 4.31 Å². The maximum Gasteiger partial charge on any atom is 0.317 e. The highest BCUT2D eigenvalue weighted by Gasteiger charge is 2.32. The molecule has 3 amide bonds. The molecule has 1 fully saturated rings. The number of nitrogens with one attached hydrogen (secondary N) is 2. The number of carbonyl (C=O) groups is 2. The first-order chi connectivity index (χ1) is 14.3. The average Bonchev–Trinajstić information content (AvgIpc) is 3.26. The van der Waals surface area contributed by atoms with Gasteiger partial charge in [0.1, 0.15) is 11.5 Å². The number of piperazine rings is 1. The molecule has 1 aromatic heterocycles. The first kappa shape index (κ1) is 20.2. The highest BCUT2D eigenvalue weighted by Crippen LogP contribution is 2.32. The van der Waals surface area contributed by atoms with Gasteiger partial charge in [0.05, 0.1) is 23.4 Å². The fourth-order valence-electron chi connectivity index (χ4n) is 3.32. The number of urea groups is 1. The van der Waals surface area contributed by atoms with Crippen molar-refractivity contribution < 1.29 is 27.2 Å². The monoisotopic (exact) mass is 434 g/mol. The number of carbonyl (C=O) groups excluding carboxylic acids is 2. The molecule has 0 bridgehead atoms. The van der Waals surface area contributed by atoms with Crippen LogP contribution in [0.4, 0.5) is 10.5 Å². The Morgan fingerprint density at radius 2 is 2.00 bits per heavy atom. The molecule has 10 nitrogen and oxygen atoms in total. The number of amides is 3. The van der Waals surface area contributed by atoms with E-state index in [1.54, 1.807) is 24.0 Å². The number of anilines is 1. The summed E-state index contributed by atoms with van der Waals surface area (Å²) >= 11 is 0. The highest BCUT2D eigenvalue weighted by molar-refractivity contribution is 7.89. The Bertz CT molecular complexity index is 1040. The summed E-state index contributed by atoms with van der Waals surface area (Å²) in [6.07, 6.45) is 0.899. The van der Waals surface area contributed by atoms with E-state index in [2.05, 4.69) is 10.6 Å². The molecule has 1 atom stereocenters. The lowest BCUT2D eigenvalue weighted by Crippen LogP contribution is -2.52.